The highest BCUT2D eigenvalue weighted by molar-refractivity contribution is 9.09. The topological polar surface area (TPSA) is 323 Å². The van der Waals surface area contributed by atoms with E-state index in [0.29, 0.717) is 148 Å². The van der Waals surface area contributed by atoms with E-state index in [2.05, 4.69) is 35.8 Å². The van der Waals surface area contributed by atoms with Gasteiger partial charge in [-0.3, -0.25) is 39.6 Å². The maximum atomic E-state index is 12.4. The average Bonchev–Trinajstić information content (AvgIpc) is 1.10. The summed E-state index contributed by atoms with van der Waals surface area (Å²) in [4.78, 5) is 89.3. The number of nitrogens with two attached hydrogens (primary N) is 2. The van der Waals surface area contributed by atoms with E-state index in [-0.39, 0.29) is 38.1 Å². The van der Waals surface area contributed by atoms with Gasteiger partial charge in [0.2, 0.25) is 0 Å². The second-order valence-electron chi connectivity index (χ2n) is 19.8. The molecule has 0 spiro atoms. The molecular weight excluding hydrogens is 1260 g/mol. The van der Waals surface area contributed by atoms with Crippen LogP contribution in [-0.2, 0) is 28.8 Å². The molecule has 6 aromatic carbocycles. The van der Waals surface area contributed by atoms with Gasteiger partial charge < -0.3 is 69.7 Å². The summed E-state index contributed by atoms with van der Waals surface area (Å²) in [6, 6.07) is 42.9. The number of rotatable bonds is 25. The van der Waals surface area contributed by atoms with Crippen LogP contribution in [0.4, 0.5) is 17.1 Å². The first-order valence-electron chi connectivity index (χ1n) is 28.9. The third-order valence-electron chi connectivity index (χ3n) is 13.7. The molecule has 3 aliphatic heterocycles. The fourth-order valence-electron chi connectivity index (χ4n) is 8.58. The number of benzene rings is 6. The number of nitrogens with one attached hydrogen (secondary N) is 3. The predicted molar refractivity (Wildman–Crippen MR) is 347 cm³/mol. The molecule has 0 bridgehead atoms. The molecule has 9 rings (SSSR count). The van der Waals surface area contributed by atoms with Gasteiger partial charge in [-0.1, -0.05) is 52.3 Å². The Morgan fingerprint density at radius 2 is 0.688 bits per heavy atom. The molecule has 0 unspecified atom stereocenters. The van der Waals surface area contributed by atoms with Crippen LogP contribution in [0.3, 0.4) is 0 Å². The summed E-state index contributed by atoms with van der Waals surface area (Å²) in [6.07, 6.45) is 0. The SMILES string of the molecule is N=C(N)c1ccc(OCCN2CCN(CCOc3ccc(C(=N)N)cc3)C(=O)C2=O)cc1.[C-]#[N+]c1ccc(OCCBr)cc1.[C-]#[N+]c1ccc(OCCN2CCN(CCOc3ccc(C#N)cc3)C(=O)C2=O)cc1.[C-]#[N+]c1ccc(OCCN2CCNC(=O)C2=O)cc1. The first kappa shape index (κ1) is 70.4. The third-order valence-corrected chi connectivity index (χ3v) is 14.0. The van der Waals surface area contributed by atoms with Gasteiger partial charge in [0.1, 0.15) is 79.2 Å². The fraction of sp³-hybridized carbons (Fsp3) is 0.273. The number of nitrogens with zero attached hydrogens (tertiary/aromatic N) is 9. The summed E-state index contributed by atoms with van der Waals surface area (Å²) in [5.74, 6) is 0.529. The van der Waals surface area contributed by atoms with Crippen molar-refractivity contribution in [1.82, 2.24) is 29.8 Å². The largest absolute Gasteiger partial charge is 0.493 e. The van der Waals surface area contributed by atoms with Crippen LogP contribution in [0.15, 0.2) is 146 Å². The Bertz CT molecular complexity index is 3520. The summed E-state index contributed by atoms with van der Waals surface area (Å²) < 4.78 is 33.2. The Morgan fingerprint density at radius 3 is 0.946 bits per heavy atom. The number of nitriles is 1. The van der Waals surface area contributed by atoms with Crippen LogP contribution in [-0.4, -0.2) is 189 Å². The minimum absolute atomic E-state index is 0.0187. The molecule has 6 aromatic rings. The van der Waals surface area contributed by atoms with Crippen molar-refractivity contribution in [2.75, 3.05) is 117 Å². The fourth-order valence-corrected chi connectivity index (χ4v) is 8.75. The summed E-state index contributed by atoms with van der Waals surface area (Å²) in [5.41, 5.74) is 14.3. The van der Waals surface area contributed by atoms with Gasteiger partial charge in [0.05, 0.1) is 70.7 Å². The molecule has 3 heterocycles. The maximum Gasteiger partial charge on any atom is 0.312 e. The van der Waals surface area contributed by atoms with Crippen molar-refractivity contribution in [2.24, 2.45) is 11.5 Å². The minimum Gasteiger partial charge on any atom is -0.493 e. The number of alkyl halides is 1. The maximum absolute atomic E-state index is 12.4. The van der Waals surface area contributed by atoms with Gasteiger partial charge >= 0.3 is 35.4 Å². The number of ether oxygens (including phenoxy) is 6. The Hall–Kier alpha value is -11.7. The summed E-state index contributed by atoms with van der Waals surface area (Å²) in [7, 11) is 0. The Labute approximate surface area is 546 Å². The molecular formula is C66H67BrN14O12. The van der Waals surface area contributed by atoms with Crippen molar-refractivity contribution in [3.05, 3.63) is 197 Å². The van der Waals surface area contributed by atoms with Crippen molar-refractivity contribution in [1.29, 1.82) is 16.1 Å². The molecule has 27 heteroatoms. The number of hydrogen-bond acceptors (Lipinski definition) is 15. The predicted octanol–water partition coefficient (Wildman–Crippen LogP) is 6.21. The smallest absolute Gasteiger partial charge is 0.312 e. The average molecular weight is 1330 g/mol. The number of nitrogen functional groups attached to an aromatic ring is 2. The molecule has 0 saturated carbocycles. The second-order valence-corrected chi connectivity index (χ2v) is 20.6. The van der Waals surface area contributed by atoms with Crippen LogP contribution in [0, 0.1) is 41.9 Å². The highest BCUT2D eigenvalue weighted by Gasteiger charge is 2.33. The molecule has 0 radical (unpaired) electrons. The summed E-state index contributed by atoms with van der Waals surface area (Å²) in [6.45, 7) is 26.7. The lowest BCUT2D eigenvalue weighted by atomic mass is 10.2. The van der Waals surface area contributed by atoms with Gasteiger partial charge in [-0.25, -0.2) is 14.5 Å². The summed E-state index contributed by atoms with van der Waals surface area (Å²) in [5, 5.41) is 26.9. The van der Waals surface area contributed by atoms with Crippen molar-refractivity contribution >= 4 is 80.1 Å². The van der Waals surface area contributed by atoms with Gasteiger partial charge in [0.15, 0.2) is 17.1 Å². The molecule has 93 heavy (non-hydrogen) atoms. The lowest BCUT2D eigenvalue weighted by molar-refractivity contribution is -0.156. The zero-order valence-electron chi connectivity index (χ0n) is 50.5. The van der Waals surface area contributed by atoms with E-state index >= 15 is 0 Å². The van der Waals surface area contributed by atoms with Gasteiger partial charge in [0.25, 0.3) is 0 Å². The van der Waals surface area contributed by atoms with E-state index in [4.69, 9.17) is 75.7 Å². The highest BCUT2D eigenvalue weighted by atomic mass is 79.9. The molecule has 3 aliphatic rings. The molecule has 480 valence electrons. The van der Waals surface area contributed by atoms with E-state index in [9.17, 15) is 28.8 Å². The second kappa shape index (κ2) is 37.3. The number of piperazine rings is 3. The van der Waals surface area contributed by atoms with Gasteiger partial charge in [0, 0.05) is 55.7 Å². The van der Waals surface area contributed by atoms with E-state index in [1.54, 1.807) is 146 Å². The number of carbonyl (C=O) groups is 6. The standard InChI is InChI=1S/C22H26N6O4.C22H20N4O4.C13H13N3O3.C9H8BrNO/c23-19(24)15-1-5-17(6-2-15)31-13-11-27-9-10-28(22(30)21(27)29)12-14-32-18-7-3-16(4-8-18)20(25)26;1-24-18-4-8-20(9-5-18)30-15-13-26-11-10-25(21(27)22(26)28)12-14-29-19-6-2-17(16-23)3-7-19;1-14-10-2-4-11(5-3-10)19-9-8-16-7-6-15-12(17)13(16)18;1-11-8-2-4-9(5-3-8)12-7-6-10/h1-8H,9-14H2,(H3,23,24)(H3,25,26);2-9H,10-15H2;2-5H,6-9H2,(H,15,17);2-5H,6-7H2. The molecule has 26 nitrogen and oxygen atoms in total. The van der Waals surface area contributed by atoms with E-state index < -0.39 is 35.4 Å². The van der Waals surface area contributed by atoms with Gasteiger partial charge in [-0.05, 0) is 109 Å². The van der Waals surface area contributed by atoms with Gasteiger partial charge in [-0.2, -0.15) is 5.26 Å². The third kappa shape index (κ3) is 23.0. The van der Waals surface area contributed by atoms with Crippen molar-refractivity contribution in [2.45, 2.75) is 0 Å². The first-order valence-corrected chi connectivity index (χ1v) is 30.0. The quantitative estimate of drug-likeness (QED) is 0.0140. The van der Waals surface area contributed by atoms with Gasteiger partial charge in [-0.15, -0.1) is 0 Å². The Kier molecular flexibility index (Phi) is 28.3. The molecule has 0 aromatic heterocycles. The van der Waals surface area contributed by atoms with E-state index in [1.165, 1.54) is 24.5 Å². The van der Waals surface area contributed by atoms with Crippen LogP contribution in [0.25, 0.3) is 14.5 Å². The lowest BCUT2D eigenvalue weighted by Crippen LogP contribution is -2.55. The first-order chi connectivity index (χ1) is 45.0. The Morgan fingerprint density at radius 1 is 0.430 bits per heavy atom. The summed E-state index contributed by atoms with van der Waals surface area (Å²) >= 11 is 3.26. The monoisotopic (exact) mass is 1330 g/mol. The number of amides is 6. The minimum atomic E-state index is -0.562. The van der Waals surface area contributed by atoms with E-state index in [1.807, 2.05) is 6.07 Å². The van der Waals surface area contributed by atoms with Crippen LogP contribution in [0.5, 0.6) is 34.5 Å². The normalized spacial score (nSPS) is 13.3. The highest BCUT2D eigenvalue weighted by Crippen LogP contribution is 2.21. The number of carbonyl (C=O) groups excluding carboxylic acids is 6. The zero-order valence-corrected chi connectivity index (χ0v) is 52.1. The molecule has 3 fully saturated rings. The number of amidine groups is 2. The van der Waals surface area contributed by atoms with Crippen molar-refractivity contribution < 1.29 is 57.2 Å². The molecule has 7 N–H and O–H groups in total. The molecule has 0 aliphatic carbocycles. The van der Waals surface area contributed by atoms with E-state index in [0.717, 1.165) is 11.1 Å². The Balaban J connectivity index is 0.000000208. The number of hydrogen-bond donors (Lipinski definition) is 5. The molecule has 6 amide bonds. The molecule has 3 saturated heterocycles. The van der Waals surface area contributed by atoms with Crippen molar-refractivity contribution in [3.8, 4) is 40.6 Å². The zero-order chi connectivity index (χ0) is 66.9. The van der Waals surface area contributed by atoms with Crippen LogP contribution < -0.4 is 45.2 Å². The lowest BCUT2D eigenvalue weighted by Gasteiger charge is -2.33. The van der Waals surface area contributed by atoms with Crippen LogP contribution >= 0.6 is 15.9 Å². The van der Waals surface area contributed by atoms with Crippen LogP contribution in [0.2, 0.25) is 0 Å². The molecule has 0 atom stereocenters. The number of halogens is 1. The van der Waals surface area contributed by atoms with Crippen molar-refractivity contribution in [3.63, 3.8) is 0 Å². The van der Waals surface area contributed by atoms with Crippen LogP contribution in [0.1, 0.15) is 16.7 Å².